The molecule has 3 N–H and O–H groups in total. The van der Waals surface area contributed by atoms with Crippen molar-refractivity contribution in [1.29, 1.82) is 0 Å². The Morgan fingerprint density at radius 2 is 2.20 bits per heavy atom. The molecule has 1 aromatic heterocycles. The number of aromatic nitrogens is 2. The molecule has 1 aliphatic rings. The Morgan fingerprint density at radius 1 is 1.55 bits per heavy atom. The van der Waals surface area contributed by atoms with Crippen LogP contribution < -0.4 is 11.4 Å². The summed E-state index contributed by atoms with van der Waals surface area (Å²) in [4.78, 5) is 14.6. The van der Waals surface area contributed by atoms with Gasteiger partial charge in [0.05, 0.1) is 12.7 Å². The second kappa shape index (κ2) is 5.02. The minimum atomic E-state index is -4.83. The van der Waals surface area contributed by atoms with E-state index in [1.165, 1.54) is 0 Å². The molecule has 1 aliphatic heterocycles. The van der Waals surface area contributed by atoms with Gasteiger partial charge in [0.1, 0.15) is 17.6 Å². The molecule has 6 nitrogen and oxygen atoms in total. The van der Waals surface area contributed by atoms with E-state index in [4.69, 9.17) is 15.6 Å². The molecule has 1 aromatic rings. The second-order valence-corrected chi connectivity index (χ2v) is 4.31. The van der Waals surface area contributed by atoms with Crippen molar-refractivity contribution in [2.24, 2.45) is 0 Å². The zero-order chi connectivity index (χ0) is 15.1. The first-order valence-corrected chi connectivity index (χ1v) is 5.60. The predicted molar refractivity (Wildman–Crippen MR) is 58.4 cm³/mol. The lowest BCUT2D eigenvalue weighted by Crippen LogP contribution is -2.33. The van der Waals surface area contributed by atoms with Crippen molar-refractivity contribution in [1.82, 2.24) is 9.55 Å². The van der Waals surface area contributed by atoms with E-state index in [9.17, 15) is 22.4 Å². The van der Waals surface area contributed by atoms with Crippen molar-refractivity contribution in [3.63, 3.8) is 0 Å². The highest BCUT2D eigenvalue weighted by Crippen LogP contribution is 2.34. The maximum Gasteiger partial charge on any atom is 0.421 e. The van der Waals surface area contributed by atoms with E-state index in [0.29, 0.717) is 10.8 Å². The van der Waals surface area contributed by atoms with E-state index in [1.54, 1.807) is 0 Å². The van der Waals surface area contributed by atoms with Gasteiger partial charge in [-0.3, -0.25) is 4.57 Å². The highest BCUT2D eigenvalue weighted by atomic mass is 19.4. The van der Waals surface area contributed by atoms with Gasteiger partial charge in [-0.25, -0.2) is 9.18 Å². The van der Waals surface area contributed by atoms with Crippen molar-refractivity contribution in [2.45, 2.75) is 31.1 Å². The van der Waals surface area contributed by atoms with Crippen molar-refractivity contribution in [3.8, 4) is 0 Å². The van der Waals surface area contributed by atoms with Gasteiger partial charge >= 0.3 is 11.9 Å². The summed E-state index contributed by atoms with van der Waals surface area (Å²) >= 11 is 0. The van der Waals surface area contributed by atoms with Gasteiger partial charge in [0.25, 0.3) is 0 Å². The Morgan fingerprint density at radius 3 is 2.70 bits per heavy atom. The van der Waals surface area contributed by atoms with Gasteiger partial charge in [-0.2, -0.15) is 18.2 Å². The first-order chi connectivity index (χ1) is 9.24. The molecule has 112 valence electrons. The van der Waals surface area contributed by atoms with Crippen molar-refractivity contribution >= 4 is 5.82 Å². The summed E-state index contributed by atoms with van der Waals surface area (Å²) in [5.41, 5.74) is 2.55. The van der Waals surface area contributed by atoms with Crippen LogP contribution in [0.15, 0.2) is 11.0 Å². The molecule has 1 fully saturated rings. The molecule has 10 heteroatoms. The molecule has 20 heavy (non-hydrogen) atoms. The van der Waals surface area contributed by atoms with Gasteiger partial charge in [0, 0.05) is 12.6 Å². The molecule has 0 saturated carbocycles. The van der Waals surface area contributed by atoms with Crippen LogP contribution in [0, 0.1) is 0 Å². The second-order valence-electron chi connectivity index (χ2n) is 4.31. The third-order valence-corrected chi connectivity index (χ3v) is 2.89. The zero-order valence-corrected chi connectivity index (χ0v) is 9.97. The lowest BCUT2D eigenvalue weighted by atomic mass is 10.2. The highest BCUT2D eigenvalue weighted by Gasteiger charge is 2.40. The van der Waals surface area contributed by atoms with Crippen LogP contribution in [0.2, 0.25) is 0 Å². The number of ether oxygens (including phenoxy) is 1. The molecular formula is C10H11F4N3O3. The molecular weight excluding hydrogens is 286 g/mol. The summed E-state index contributed by atoms with van der Waals surface area (Å²) in [7, 11) is 0. The Hall–Kier alpha value is -1.68. The number of nitrogens with two attached hydrogens (primary N) is 1. The van der Waals surface area contributed by atoms with E-state index < -0.39 is 48.4 Å². The van der Waals surface area contributed by atoms with Crippen LogP contribution in [-0.4, -0.2) is 33.5 Å². The van der Waals surface area contributed by atoms with E-state index >= 15 is 0 Å². The number of aliphatic hydroxyl groups excluding tert-OH is 1. The normalized spacial score (nSPS) is 26.9. The van der Waals surface area contributed by atoms with Crippen LogP contribution in [0.1, 0.15) is 18.2 Å². The van der Waals surface area contributed by atoms with E-state index in [2.05, 4.69) is 4.98 Å². The SMILES string of the molecule is Nc1nc(=O)n([C@@H]2O[C@H](CO)C[C@@H]2F)cc1C(F)(F)F. The van der Waals surface area contributed by atoms with Crippen molar-refractivity contribution in [2.75, 3.05) is 12.3 Å². The Labute approximate surface area is 109 Å². The zero-order valence-electron chi connectivity index (χ0n) is 9.97. The fourth-order valence-corrected chi connectivity index (χ4v) is 1.95. The number of anilines is 1. The molecule has 0 unspecified atom stereocenters. The molecule has 0 aliphatic carbocycles. The van der Waals surface area contributed by atoms with Crippen molar-refractivity contribution in [3.05, 3.63) is 22.2 Å². The topological polar surface area (TPSA) is 90.4 Å². The predicted octanol–water partition coefficient (Wildman–Crippen LogP) is 0.462. The van der Waals surface area contributed by atoms with Crippen LogP contribution in [0.3, 0.4) is 0 Å². The summed E-state index contributed by atoms with van der Waals surface area (Å²) in [6.45, 7) is -0.500. The van der Waals surface area contributed by atoms with Crippen LogP contribution in [-0.2, 0) is 10.9 Å². The van der Waals surface area contributed by atoms with E-state index in [1.807, 2.05) is 0 Å². The number of halogens is 4. The minimum absolute atomic E-state index is 0.223. The van der Waals surface area contributed by atoms with Gasteiger partial charge in [0.2, 0.25) is 0 Å². The van der Waals surface area contributed by atoms with Crippen LogP contribution in [0.25, 0.3) is 0 Å². The van der Waals surface area contributed by atoms with Crippen molar-refractivity contribution < 1.29 is 27.4 Å². The first kappa shape index (κ1) is 14.7. The number of nitrogen functional groups attached to an aromatic ring is 1. The first-order valence-electron chi connectivity index (χ1n) is 5.60. The number of alkyl halides is 4. The fraction of sp³-hybridized carbons (Fsp3) is 0.600. The Bertz CT molecular complexity index is 560. The molecule has 0 bridgehead atoms. The summed E-state index contributed by atoms with van der Waals surface area (Å²) in [5.74, 6) is -0.981. The van der Waals surface area contributed by atoms with Gasteiger partial charge in [-0.15, -0.1) is 0 Å². The summed E-state index contributed by atoms with van der Waals surface area (Å²) < 4.78 is 57.1. The van der Waals surface area contributed by atoms with Gasteiger partial charge in [0.15, 0.2) is 6.23 Å². The molecule has 0 aromatic carbocycles. The average Bonchev–Trinajstić information content (AvgIpc) is 2.69. The van der Waals surface area contributed by atoms with Crippen LogP contribution >= 0.6 is 0 Å². The Balaban J connectivity index is 2.45. The maximum absolute atomic E-state index is 13.7. The number of aliphatic hydroxyl groups is 1. The third-order valence-electron chi connectivity index (χ3n) is 2.89. The average molecular weight is 297 g/mol. The van der Waals surface area contributed by atoms with E-state index in [-0.39, 0.29) is 6.42 Å². The van der Waals surface area contributed by atoms with E-state index in [0.717, 1.165) is 0 Å². The third kappa shape index (κ3) is 2.61. The smallest absolute Gasteiger partial charge is 0.394 e. The standard InChI is InChI=1S/C10H11F4N3O3/c11-6-1-4(3-18)20-8(6)17-2-5(10(12,13)14)7(15)16-9(17)19/h2,4,6,8,18H,1,3H2,(H2,15,16,19)/t4-,6-,8+/m0/s1. The fourth-order valence-electron chi connectivity index (χ4n) is 1.95. The maximum atomic E-state index is 13.7. The molecule has 0 amide bonds. The summed E-state index contributed by atoms with van der Waals surface area (Å²) in [6, 6.07) is 0. The monoisotopic (exact) mass is 297 g/mol. The minimum Gasteiger partial charge on any atom is -0.394 e. The molecule has 0 spiro atoms. The molecule has 2 heterocycles. The highest BCUT2D eigenvalue weighted by molar-refractivity contribution is 5.39. The lowest BCUT2D eigenvalue weighted by molar-refractivity contribution is -0.138. The molecule has 3 atom stereocenters. The van der Waals surface area contributed by atoms with Crippen LogP contribution in [0.4, 0.5) is 23.4 Å². The number of rotatable bonds is 2. The summed E-state index contributed by atoms with van der Waals surface area (Å²) in [5, 5.41) is 8.85. The number of nitrogens with zero attached hydrogens (tertiary/aromatic N) is 2. The summed E-state index contributed by atoms with van der Waals surface area (Å²) in [6.07, 6.45) is -8.84. The quantitative estimate of drug-likeness (QED) is 0.774. The molecule has 2 rings (SSSR count). The molecule has 0 radical (unpaired) electrons. The number of hydrogen-bond donors (Lipinski definition) is 2. The molecule has 1 saturated heterocycles. The Kier molecular flexibility index (Phi) is 3.69. The largest absolute Gasteiger partial charge is 0.421 e. The van der Waals surface area contributed by atoms with Gasteiger partial charge in [-0.05, 0) is 0 Å². The number of hydrogen-bond acceptors (Lipinski definition) is 5. The van der Waals surface area contributed by atoms with Crippen LogP contribution in [0.5, 0.6) is 0 Å². The van der Waals surface area contributed by atoms with Gasteiger partial charge < -0.3 is 15.6 Å². The van der Waals surface area contributed by atoms with Gasteiger partial charge in [-0.1, -0.05) is 0 Å². The lowest BCUT2D eigenvalue weighted by Gasteiger charge is -2.18.